The molecule has 0 aliphatic carbocycles. The Labute approximate surface area is 109 Å². The minimum Gasteiger partial charge on any atom is -0.381 e. The SMILES string of the molecule is O=C(CN1CCCNCC1)NCC1CCOCC1. The minimum absolute atomic E-state index is 0.170. The van der Waals surface area contributed by atoms with Gasteiger partial charge >= 0.3 is 0 Å². The Hall–Kier alpha value is -0.650. The molecule has 0 saturated carbocycles. The van der Waals surface area contributed by atoms with Crippen molar-refractivity contribution < 1.29 is 9.53 Å². The highest BCUT2D eigenvalue weighted by Gasteiger charge is 2.16. The number of ether oxygens (including phenoxy) is 1. The average molecular weight is 255 g/mol. The van der Waals surface area contributed by atoms with Gasteiger partial charge in [-0.2, -0.15) is 0 Å². The van der Waals surface area contributed by atoms with Crippen molar-refractivity contribution in [1.29, 1.82) is 0 Å². The van der Waals surface area contributed by atoms with Crippen LogP contribution in [0.15, 0.2) is 0 Å². The lowest BCUT2D eigenvalue weighted by atomic mass is 10.0. The van der Waals surface area contributed by atoms with Gasteiger partial charge in [-0.1, -0.05) is 0 Å². The van der Waals surface area contributed by atoms with E-state index >= 15 is 0 Å². The number of amides is 1. The van der Waals surface area contributed by atoms with Crippen molar-refractivity contribution in [2.24, 2.45) is 5.92 Å². The van der Waals surface area contributed by atoms with Crippen LogP contribution in [0.1, 0.15) is 19.3 Å². The molecule has 0 atom stereocenters. The van der Waals surface area contributed by atoms with Gasteiger partial charge in [0.2, 0.25) is 5.91 Å². The van der Waals surface area contributed by atoms with Gasteiger partial charge in [0.15, 0.2) is 0 Å². The van der Waals surface area contributed by atoms with Crippen molar-refractivity contribution in [1.82, 2.24) is 15.5 Å². The Morgan fingerprint density at radius 3 is 2.94 bits per heavy atom. The molecule has 1 amide bonds. The van der Waals surface area contributed by atoms with Crippen molar-refractivity contribution in [2.45, 2.75) is 19.3 Å². The van der Waals surface area contributed by atoms with E-state index in [1.165, 1.54) is 0 Å². The van der Waals surface area contributed by atoms with Gasteiger partial charge in [0.1, 0.15) is 0 Å². The summed E-state index contributed by atoms with van der Waals surface area (Å²) in [6, 6.07) is 0. The van der Waals surface area contributed by atoms with Gasteiger partial charge in [-0.05, 0) is 38.3 Å². The van der Waals surface area contributed by atoms with Crippen molar-refractivity contribution in [2.75, 3.05) is 52.5 Å². The summed E-state index contributed by atoms with van der Waals surface area (Å²) in [6.07, 6.45) is 3.29. The number of carbonyl (C=O) groups excluding carboxylic acids is 1. The molecule has 2 saturated heterocycles. The molecule has 2 rings (SSSR count). The Kier molecular flexibility index (Phi) is 5.90. The molecule has 0 aromatic heterocycles. The molecule has 5 nitrogen and oxygen atoms in total. The second kappa shape index (κ2) is 7.71. The first-order valence-corrected chi connectivity index (χ1v) is 7.12. The molecular weight excluding hydrogens is 230 g/mol. The van der Waals surface area contributed by atoms with E-state index < -0.39 is 0 Å². The van der Waals surface area contributed by atoms with E-state index in [0.29, 0.717) is 12.5 Å². The molecule has 2 aliphatic rings. The summed E-state index contributed by atoms with van der Waals surface area (Å²) in [4.78, 5) is 14.1. The first-order valence-electron chi connectivity index (χ1n) is 7.12. The van der Waals surface area contributed by atoms with Crippen molar-refractivity contribution in [3.05, 3.63) is 0 Å². The third-order valence-corrected chi connectivity index (χ3v) is 3.73. The molecule has 0 aromatic rings. The summed E-state index contributed by atoms with van der Waals surface area (Å²) in [5.74, 6) is 0.775. The van der Waals surface area contributed by atoms with Gasteiger partial charge in [0, 0.05) is 32.8 Å². The molecule has 0 unspecified atom stereocenters. The fourth-order valence-electron chi connectivity index (χ4n) is 2.53. The lowest BCUT2D eigenvalue weighted by Gasteiger charge is -2.23. The highest BCUT2D eigenvalue weighted by atomic mass is 16.5. The maximum Gasteiger partial charge on any atom is 0.234 e. The predicted octanol–water partition coefficient (Wildman–Crippen LogP) is -0.175. The quantitative estimate of drug-likeness (QED) is 0.732. The first kappa shape index (κ1) is 13.8. The minimum atomic E-state index is 0.170. The lowest BCUT2D eigenvalue weighted by molar-refractivity contribution is -0.122. The number of nitrogens with one attached hydrogen (secondary N) is 2. The Morgan fingerprint density at radius 1 is 1.28 bits per heavy atom. The van der Waals surface area contributed by atoms with Crippen LogP contribution in [-0.2, 0) is 9.53 Å². The largest absolute Gasteiger partial charge is 0.381 e. The van der Waals surface area contributed by atoms with Crippen LogP contribution >= 0.6 is 0 Å². The van der Waals surface area contributed by atoms with E-state index in [2.05, 4.69) is 15.5 Å². The van der Waals surface area contributed by atoms with E-state index in [0.717, 1.165) is 65.2 Å². The van der Waals surface area contributed by atoms with Gasteiger partial charge in [-0.3, -0.25) is 9.69 Å². The van der Waals surface area contributed by atoms with Gasteiger partial charge in [0.25, 0.3) is 0 Å². The van der Waals surface area contributed by atoms with Crippen molar-refractivity contribution in [3.8, 4) is 0 Å². The zero-order valence-electron chi connectivity index (χ0n) is 11.1. The van der Waals surface area contributed by atoms with Crippen LogP contribution in [0.3, 0.4) is 0 Å². The van der Waals surface area contributed by atoms with Gasteiger partial charge in [0.05, 0.1) is 6.54 Å². The molecule has 104 valence electrons. The second-order valence-electron chi connectivity index (χ2n) is 5.24. The summed E-state index contributed by atoms with van der Waals surface area (Å²) in [6.45, 7) is 7.12. The Morgan fingerprint density at radius 2 is 2.11 bits per heavy atom. The van der Waals surface area contributed by atoms with Crippen LogP contribution in [0.2, 0.25) is 0 Å². The summed E-state index contributed by atoms with van der Waals surface area (Å²) in [5.41, 5.74) is 0. The summed E-state index contributed by atoms with van der Waals surface area (Å²) in [5, 5.41) is 6.41. The van der Waals surface area contributed by atoms with Gasteiger partial charge in [-0.15, -0.1) is 0 Å². The number of nitrogens with zero attached hydrogens (tertiary/aromatic N) is 1. The number of rotatable bonds is 4. The molecule has 0 spiro atoms. The van der Waals surface area contributed by atoms with Crippen LogP contribution in [0.5, 0.6) is 0 Å². The lowest BCUT2D eigenvalue weighted by Crippen LogP contribution is -2.41. The van der Waals surface area contributed by atoms with Crippen LogP contribution in [-0.4, -0.2) is 63.3 Å². The smallest absolute Gasteiger partial charge is 0.234 e. The number of hydrogen-bond acceptors (Lipinski definition) is 4. The predicted molar refractivity (Wildman–Crippen MR) is 70.5 cm³/mol. The van der Waals surface area contributed by atoms with Crippen LogP contribution in [0.4, 0.5) is 0 Å². The van der Waals surface area contributed by atoms with Crippen LogP contribution in [0, 0.1) is 5.92 Å². The molecule has 0 aromatic carbocycles. The summed E-state index contributed by atoms with van der Waals surface area (Å²) < 4.78 is 5.31. The van der Waals surface area contributed by atoms with Gasteiger partial charge in [-0.25, -0.2) is 0 Å². The van der Waals surface area contributed by atoms with Crippen molar-refractivity contribution >= 4 is 5.91 Å². The Bertz CT molecular complexity index is 247. The Balaban J connectivity index is 1.61. The highest BCUT2D eigenvalue weighted by molar-refractivity contribution is 5.78. The maximum atomic E-state index is 11.9. The van der Waals surface area contributed by atoms with E-state index in [1.54, 1.807) is 0 Å². The van der Waals surface area contributed by atoms with Crippen LogP contribution in [0.25, 0.3) is 0 Å². The average Bonchev–Trinajstić information content (AvgIpc) is 2.66. The van der Waals surface area contributed by atoms with Crippen molar-refractivity contribution in [3.63, 3.8) is 0 Å². The fourth-order valence-corrected chi connectivity index (χ4v) is 2.53. The van der Waals surface area contributed by atoms with E-state index in [1.807, 2.05) is 0 Å². The van der Waals surface area contributed by atoms with Gasteiger partial charge < -0.3 is 15.4 Å². The molecule has 2 aliphatic heterocycles. The molecule has 0 radical (unpaired) electrons. The molecule has 2 heterocycles. The second-order valence-corrected chi connectivity index (χ2v) is 5.24. The normalized spacial score (nSPS) is 23.6. The molecule has 2 N–H and O–H groups in total. The summed E-state index contributed by atoms with van der Waals surface area (Å²) >= 11 is 0. The first-order chi connectivity index (χ1) is 8.84. The number of hydrogen-bond donors (Lipinski definition) is 2. The highest BCUT2D eigenvalue weighted by Crippen LogP contribution is 2.13. The van der Waals surface area contributed by atoms with Crippen LogP contribution < -0.4 is 10.6 Å². The third-order valence-electron chi connectivity index (χ3n) is 3.73. The third kappa shape index (κ3) is 4.92. The zero-order valence-corrected chi connectivity index (χ0v) is 11.1. The maximum absolute atomic E-state index is 11.9. The van der Waals surface area contributed by atoms with E-state index in [4.69, 9.17) is 4.74 Å². The summed E-state index contributed by atoms with van der Waals surface area (Å²) in [7, 11) is 0. The van der Waals surface area contributed by atoms with E-state index in [9.17, 15) is 4.79 Å². The zero-order chi connectivity index (χ0) is 12.6. The monoisotopic (exact) mass is 255 g/mol. The molecule has 0 bridgehead atoms. The topological polar surface area (TPSA) is 53.6 Å². The molecular formula is C13H25N3O2. The molecule has 2 fully saturated rings. The number of carbonyl (C=O) groups is 1. The molecule has 5 heteroatoms. The standard InChI is InChI=1S/C13H25N3O2/c17-13(11-16-6-1-4-14-5-7-16)15-10-12-2-8-18-9-3-12/h12,14H,1-11H2,(H,15,17). The fraction of sp³-hybridized carbons (Fsp3) is 0.923. The van der Waals surface area contributed by atoms with E-state index in [-0.39, 0.29) is 5.91 Å². The molecule has 18 heavy (non-hydrogen) atoms.